The number of ether oxygens (including phenoxy) is 2. The molecule has 0 fully saturated rings. The van der Waals surface area contributed by atoms with Gasteiger partial charge in [-0.2, -0.15) is 0 Å². The fourth-order valence-corrected chi connectivity index (χ4v) is 1.41. The van der Waals surface area contributed by atoms with E-state index >= 15 is 0 Å². The van der Waals surface area contributed by atoms with Gasteiger partial charge in [-0.25, -0.2) is 0 Å². The Hall–Kier alpha value is -0.0800. The van der Waals surface area contributed by atoms with Crippen molar-refractivity contribution in [1.82, 2.24) is 0 Å². The molecule has 2 nitrogen and oxygen atoms in total. The maximum absolute atomic E-state index is 5.29. The number of hydrogen-bond donors (Lipinski definition) is 0. The van der Waals surface area contributed by atoms with Crippen LogP contribution in [-0.4, -0.2) is 26.9 Å². The molecule has 0 amide bonds. The summed E-state index contributed by atoms with van der Waals surface area (Å²) in [7, 11) is 3.50. The minimum atomic E-state index is 0.298. The zero-order valence-electron chi connectivity index (χ0n) is 8.96. The highest BCUT2D eigenvalue weighted by Crippen LogP contribution is 2.17. The van der Waals surface area contributed by atoms with Gasteiger partial charge in [-0.3, -0.25) is 0 Å². The highest BCUT2D eigenvalue weighted by molar-refractivity contribution is 4.67. The first kappa shape index (κ1) is 11.9. The molecule has 12 heavy (non-hydrogen) atoms. The van der Waals surface area contributed by atoms with Crippen LogP contribution in [0.15, 0.2) is 0 Å². The Morgan fingerprint density at radius 1 is 1.08 bits per heavy atom. The summed E-state index contributed by atoms with van der Waals surface area (Å²) in [6, 6.07) is 0. The lowest BCUT2D eigenvalue weighted by Crippen LogP contribution is -2.25. The molecule has 0 aliphatic carbocycles. The summed E-state index contributed by atoms with van der Waals surface area (Å²) in [5, 5.41) is 0. The molecule has 0 aromatic heterocycles. The van der Waals surface area contributed by atoms with Crippen LogP contribution in [0.25, 0.3) is 0 Å². The Balaban J connectivity index is 3.84. The van der Waals surface area contributed by atoms with Gasteiger partial charge >= 0.3 is 0 Å². The third-order valence-electron chi connectivity index (χ3n) is 2.19. The third-order valence-corrected chi connectivity index (χ3v) is 2.19. The van der Waals surface area contributed by atoms with E-state index in [4.69, 9.17) is 9.47 Å². The second-order valence-corrected chi connectivity index (χ2v) is 3.79. The van der Waals surface area contributed by atoms with Crippen molar-refractivity contribution in [3.8, 4) is 0 Å². The summed E-state index contributed by atoms with van der Waals surface area (Å²) < 4.78 is 10.4. The van der Waals surface area contributed by atoms with Gasteiger partial charge in [0.2, 0.25) is 0 Å². The molecule has 0 spiro atoms. The summed E-state index contributed by atoms with van der Waals surface area (Å²) in [6.45, 7) is 7.36. The first-order valence-corrected chi connectivity index (χ1v) is 4.63. The SMILES string of the molecule is COCC(CC(C)C)C(C)OC. The molecule has 2 atom stereocenters. The van der Waals surface area contributed by atoms with Gasteiger partial charge in [0, 0.05) is 20.1 Å². The van der Waals surface area contributed by atoms with Gasteiger partial charge in [0.25, 0.3) is 0 Å². The maximum atomic E-state index is 5.29. The predicted molar refractivity (Wildman–Crippen MR) is 51.3 cm³/mol. The lowest BCUT2D eigenvalue weighted by Gasteiger charge is -2.23. The molecule has 0 radical (unpaired) electrons. The molecule has 0 aliphatic heterocycles. The van der Waals surface area contributed by atoms with Crippen molar-refractivity contribution in [1.29, 1.82) is 0 Å². The first-order chi connectivity index (χ1) is 5.61. The lowest BCUT2D eigenvalue weighted by atomic mass is 9.93. The molecule has 0 aromatic rings. The van der Waals surface area contributed by atoms with Crippen molar-refractivity contribution in [2.75, 3.05) is 20.8 Å². The molecule has 0 bridgehead atoms. The largest absolute Gasteiger partial charge is 0.384 e. The van der Waals surface area contributed by atoms with Crippen LogP contribution in [0.4, 0.5) is 0 Å². The molecule has 0 aliphatic rings. The highest BCUT2D eigenvalue weighted by atomic mass is 16.5. The molecule has 0 rings (SSSR count). The van der Waals surface area contributed by atoms with E-state index in [-0.39, 0.29) is 0 Å². The van der Waals surface area contributed by atoms with E-state index in [2.05, 4.69) is 20.8 Å². The Bertz CT molecular complexity index is 102. The molecule has 0 heterocycles. The van der Waals surface area contributed by atoms with Crippen LogP contribution in [0.3, 0.4) is 0 Å². The average Bonchev–Trinajstić information content (AvgIpc) is 2.01. The second kappa shape index (κ2) is 6.44. The first-order valence-electron chi connectivity index (χ1n) is 4.63. The normalized spacial score (nSPS) is 16.5. The Morgan fingerprint density at radius 2 is 1.67 bits per heavy atom. The molecular formula is C10H22O2. The van der Waals surface area contributed by atoms with Crippen LogP contribution in [0.5, 0.6) is 0 Å². The van der Waals surface area contributed by atoms with Crippen LogP contribution in [0.1, 0.15) is 27.2 Å². The predicted octanol–water partition coefficient (Wildman–Crippen LogP) is 2.33. The van der Waals surface area contributed by atoms with E-state index in [1.807, 2.05) is 0 Å². The van der Waals surface area contributed by atoms with Gasteiger partial charge in [0.05, 0.1) is 12.7 Å². The van der Waals surface area contributed by atoms with E-state index in [9.17, 15) is 0 Å². The molecule has 0 saturated carbocycles. The fraction of sp³-hybridized carbons (Fsp3) is 1.00. The van der Waals surface area contributed by atoms with Gasteiger partial charge in [-0.05, 0) is 19.3 Å². The number of hydrogen-bond acceptors (Lipinski definition) is 2. The van der Waals surface area contributed by atoms with Gasteiger partial charge in [0.15, 0.2) is 0 Å². The maximum Gasteiger partial charge on any atom is 0.0593 e. The van der Waals surface area contributed by atoms with Crippen LogP contribution in [0.2, 0.25) is 0 Å². The average molecular weight is 174 g/mol. The summed E-state index contributed by atoms with van der Waals surface area (Å²) in [5.41, 5.74) is 0. The fourth-order valence-electron chi connectivity index (χ4n) is 1.41. The summed E-state index contributed by atoms with van der Waals surface area (Å²) >= 11 is 0. The minimum absolute atomic E-state index is 0.298. The molecule has 0 saturated heterocycles. The highest BCUT2D eigenvalue weighted by Gasteiger charge is 2.17. The zero-order chi connectivity index (χ0) is 9.56. The molecular weight excluding hydrogens is 152 g/mol. The number of rotatable bonds is 6. The Kier molecular flexibility index (Phi) is 6.39. The number of methoxy groups -OCH3 is 2. The van der Waals surface area contributed by atoms with Gasteiger partial charge < -0.3 is 9.47 Å². The Labute approximate surface area is 76.3 Å². The van der Waals surface area contributed by atoms with E-state index in [0.717, 1.165) is 6.61 Å². The van der Waals surface area contributed by atoms with Gasteiger partial charge in [-0.1, -0.05) is 13.8 Å². The molecule has 2 heteroatoms. The van der Waals surface area contributed by atoms with Crippen LogP contribution < -0.4 is 0 Å². The summed E-state index contributed by atoms with van der Waals surface area (Å²) in [6.07, 6.45) is 1.47. The van der Waals surface area contributed by atoms with Crippen LogP contribution in [-0.2, 0) is 9.47 Å². The summed E-state index contributed by atoms with van der Waals surface area (Å²) in [5.74, 6) is 1.24. The van der Waals surface area contributed by atoms with Crippen molar-refractivity contribution in [2.45, 2.75) is 33.3 Å². The van der Waals surface area contributed by atoms with Crippen molar-refractivity contribution in [2.24, 2.45) is 11.8 Å². The van der Waals surface area contributed by atoms with E-state index in [1.54, 1.807) is 14.2 Å². The second-order valence-electron chi connectivity index (χ2n) is 3.79. The minimum Gasteiger partial charge on any atom is -0.384 e. The lowest BCUT2D eigenvalue weighted by molar-refractivity contribution is 0.0169. The molecule has 74 valence electrons. The van der Waals surface area contributed by atoms with Crippen molar-refractivity contribution < 1.29 is 9.47 Å². The summed E-state index contributed by atoms with van der Waals surface area (Å²) in [4.78, 5) is 0. The van der Waals surface area contributed by atoms with Crippen molar-refractivity contribution >= 4 is 0 Å². The molecule has 0 N–H and O–H groups in total. The van der Waals surface area contributed by atoms with E-state index in [1.165, 1.54) is 6.42 Å². The molecule has 0 aromatic carbocycles. The third kappa shape index (κ3) is 4.73. The topological polar surface area (TPSA) is 18.5 Å². The van der Waals surface area contributed by atoms with Crippen LogP contribution in [0, 0.1) is 11.8 Å². The quantitative estimate of drug-likeness (QED) is 0.615. The Morgan fingerprint density at radius 3 is 2.00 bits per heavy atom. The van der Waals surface area contributed by atoms with Crippen LogP contribution >= 0.6 is 0 Å². The monoisotopic (exact) mass is 174 g/mol. The van der Waals surface area contributed by atoms with E-state index < -0.39 is 0 Å². The van der Waals surface area contributed by atoms with Crippen molar-refractivity contribution in [3.05, 3.63) is 0 Å². The molecule has 2 unspecified atom stereocenters. The van der Waals surface area contributed by atoms with Gasteiger partial charge in [0.1, 0.15) is 0 Å². The standard InChI is InChI=1S/C10H22O2/c1-8(2)6-10(7-11-4)9(3)12-5/h8-10H,6-7H2,1-5H3. The van der Waals surface area contributed by atoms with Gasteiger partial charge in [-0.15, -0.1) is 0 Å². The smallest absolute Gasteiger partial charge is 0.0593 e. The van der Waals surface area contributed by atoms with E-state index in [0.29, 0.717) is 17.9 Å². The van der Waals surface area contributed by atoms with Crippen molar-refractivity contribution in [3.63, 3.8) is 0 Å². The zero-order valence-corrected chi connectivity index (χ0v) is 8.96.